The van der Waals surface area contributed by atoms with E-state index < -0.39 is 0 Å². The van der Waals surface area contributed by atoms with Gasteiger partial charge >= 0.3 is 0 Å². The van der Waals surface area contributed by atoms with Crippen LogP contribution < -0.4 is 10.6 Å². The Balaban J connectivity index is 0.00000243. The van der Waals surface area contributed by atoms with Crippen molar-refractivity contribution in [3.63, 3.8) is 0 Å². The highest BCUT2D eigenvalue weighted by Crippen LogP contribution is 2.23. The van der Waals surface area contributed by atoms with Gasteiger partial charge in [0.05, 0.1) is 6.54 Å². The summed E-state index contributed by atoms with van der Waals surface area (Å²) in [6.07, 6.45) is 6.41. The van der Waals surface area contributed by atoms with Crippen LogP contribution in [0.25, 0.3) is 0 Å². The summed E-state index contributed by atoms with van der Waals surface area (Å²) in [6.45, 7) is 7.36. The third-order valence-corrected chi connectivity index (χ3v) is 4.58. The van der Waals surface area contributed by atoms with Gasteiger partial charge in [-0.05, 0) is 42.9 Å². The van der Waals surface area contributed by atoms with Crippen molar-refractivity contribution in [1.29, 1.82) is 0 Å². The maximum atomic E-state index is 4.72. The van der Waals surface area contributed by atoms with E-state index >= 15 is 0 Å². The van der Waals surface area contributed by atoms with Crippen molar-refractivity contribution < 1.29 is 0 Å². The molecule has 1 heterocycles. The summed E-state index contributed by atoms with van der Waals surface area (Å²) in [5.74, 6) is 1.87. The minimum atomic E-state index is 0. The van der Waals surface area contributed by atoms with E-state index in [4.69, 9.17) is 4.99 Å². The zero-order chi connectivity index (χ0) is 17.5. The Hall–Kier alpha value is -1.64. The minimum absolute atomic E-state index is 0. The van der Waals surface area contributed by atoms with Crippen molar-refractivity contribution in [3.8, 4) is 0 Å². The molecule has 2 aromatic rings. The summed E-state index contributed by atoms with van der Waals surface area (Å²) >= 11 is 0. The normalized spacial score (nSPS) is 13.2. The maximum absolute atomic E-state index is 4.72. The molecule has 0 atom stereocenters. The highest BCUT2D eigenvalue weighted by molar-refractivity contribution is 14.0. The lowest BCUT2D eigenvalue weighted by Crippen LogP contribution is -2.38. The number of nitrogens with one attached hydrogen (secondary N) is 2. The third-order valence-electron chi connectivity index (χ3n) is 4.58. The van der Waals surface area contributed by atoms with E-state index in [1.54, 1.807) is 6.33 Å². The van der Waals surface area contributed by atoms with E-state index in [9.17, 15) is 0 Å². The molecule has 26 heavy (non-hydrogen) atoms. The molecule has 1 aromatic carbocycles. The number of nitrogens with zero attached hydrogens (tertiary/aromatic N) is 4. The van der Waals surface area contributed by atoms with Crippen molar-refractivity contribution in [2.75, 3.05) is 13.1 Å². The number of guanidine groups is 1. The van der Waals surface area contributed by atoms with E-state index in [1.807, 2.05) is 0 Å². The van der Waals surface area contributed by atoms with Crippen LogP contribution in [0.2, 0.25) is 0 Å². The molecule has 1 aliphatic carbocycles. The SMILES string of the molecule is CCNC(=NCc1ccc2c(c1)CCC2)NCCn1cnnc1CC.I. The first-order valence-corrected chi connectivity index (χ1v) is 9.29. The minimum Gasteiger partial charge on any atom is -0.357 e. The number of aliphatic imine (C=N–C) groups is 1. The van der Waals surface area contributed by atoms with Gasteiger partial charge in [0.25, 0.3) is 0 Å². The molecule has 1 aromatic heterocycles. The fourth-order valence-electron chi connectivity index (χ4n) is 3.27. The number of halogens is 1. The molecule has 7 heteroatoms. The van der Waals surface area contributed by atoms with Crippen molar-refractivity contribution in [1.82, 2.24) is 25.4 Å². The van der Waals surface area contributed by atoms with Crippen molar-refractivity contribution >= 4 is 29.9 Å². The van der Waals surface area contributed by atoms with Crippen LogP contribution in [0.5, 0.6) is 0 Å². The van der Waals surface area contributed by atoms with Crippen molar-refractivity contribution in [3.05, 3.63) is 47.0 Å². The van der Waals surface area contributed by atoms with Gasteiger partial charge in [-0.25, -0.2) is 4.99 Å². The number of hydrogen-bond acceptors (Lipinski definition) is 3. The van der Waals surface area contributed by atoms with Crippen LogP contribution in [0.15, 0.2) is 29.5 Å². The van der Waals surface area contributed by atoms with E-state index in [-0.39, 0.29) is 24.0 Å². The van der Waals surface area contributed by atoms with Gasteiger partial charge in [-0.15, -0.1) is 34.2 Å². The molecular weight excluding hydrogens is 439 g/mol. The maximum Gasteiger partial charge on any atom is 0.191 e. The van der Waals surface area contributed by atoms with E-state index in [1.165, 1.54) is 36.0 Å². The van der Waals surface area contributed by atoms with Crippen LogP contribution >= 0.6 is 24.0 Å². The van der Waals surface area contributed by atoms with Gasteiger partial charge < -0.3 is 15.2 Å². The lowest BCUT2D eigenvalue weighted by Gasteiger charge is -2.12. The number of benzene rings is 1. The largest absolute Gasteiger partial charge is 0.357 e. The first-order valence-electron chi connectivity index (χ1n) is 9.29. The molecule has 0 unspecified atom stereocenters. The average Bonchev–Trinajstić information content (AvgIpc) is 3.27. The second-order valence-electron chi connectivity index (χ2n) is 6.37. The van der Waals surface area contributed by atoms with Gasteiger partial charge in [0.15, 0.2) is 5.96 Å². The van der Waals surface area contributed by atoms with Crippen LogP contribution in [0.4, 0.5) is 0 Å². The smallest absolute Gasteiger partial charge is 0.191 e. The topological polar surface area (TPSA) is 67.1 Å². The number of fused-ring (bicyclic) bond motifs is 1. The molecule has 0 bridgehead atoms. The molecule has 3 rings (SSSR count). The van der Waals surface area contributed by atoms with Crippen LogP contribution in [-0.2, 0) is 32.4 Å². The van der Waals surface area contributed by atoms with Crippen LogP contribution in [-0.4, -0.2) is 33.8 Å². The summed E-state index contributed by atoms with van der Waals surface area (Å²) in [6, 6.07) is 6.80. The summed E-state index contributed by atoms with van der Waals surface area (Å²) < 4.78 is 2.08. The molecule has 0 aliphatic heterocycles. The average molecular weight is 468 g/mol. The summed E-state index contributed by atoms with van der Waals surface area (Å²) in [5.41, 5.74) is 4.30. The monoisotopic (exact) mass is 468 g/mol. The molecular formula is C19H29IN6. The second kappa shape index (κ2) is 10.5. The fraction of sp³-hybridized carbons (Fsp3) is 0.526. The summed E-state index contributed by atoms with van der Waals surface area (Å²) in [4.78, 5) is 4.72. The van der Waals surface area contributed by atoms with Gasteiger partial charge in [0.1, 0.15) is 12.2 Å². The molecule has 0 fully saturated rings. The molecule has 6 nitrogen and oxygen atoms in total. The van der Waals surface area contributed by atoms with Crippen LogP contribution in [0.3, 0.4) is 0 Å². The number of rotatable bonds is 7. The molecule has 142 valence electrons. The predicted molar refractivity (Wildman–Crippen MR) is 116 cm³/mol. The fourth-order valence-corrected chi connectivity index (χ4v) is 3.27. The summed E-state index contributed by atoms with van der Waals surface area (Å²) in [7, 11) is 0. The Labute approximate surface area is 172 Å². The molecule has 0 saturated heterocycles. The second-order valence-corrected chi connectivity index (χ2v) is 6.37. The first kappa shape index (κ1) is 20.7. The Bertz CT molecular complexity index is 725. The quantitative estimate of drug-likeness (QED) is 0.373. The Morgan fingerprint density at radius 1 is 1.19 bits per heavy atom. The zero-order valence-electron chi connectivity index (χ0n) is 15.7. The number of aromatic nitrogens is 3. The Morgan fingerprint density at radius 3 is 2.85 bits per heavy atom. The Kier molecular flexibility index (Phi) is 8.34. The lowest BCUT2D eigenvalue weighted by molar-refractivity contribution is 0.632. The third kappa shape index (κ3) is 5.43. The van der Waals surface area contributed by atoms with Gasteiger partial charge in [-0.3, -0.25) is 0 Å². The molecule has 2 N–H and O–H groups in total. The number of hydrogen-bond donors (Lipinski definition) is 2. The van der Waals surface area contributed by atoms with Crippen molar-refractivity contribution in [2.45, 2.75) is 52.6 Å². The molecule has 0 radical (unpaired) electrons. The van der Waals surface area contributed by atoms with Gasteiger partial charge in [0.2, 0.25) is 0 Å². The highest BCUT2D eigenvalue weighted by atomic mass is 127. The molecule has 0 spiro atoms. The van der Waals surface area contributed by atoms with Crippen LogP contribution in [0, 0.1) is 0 Å². The molecule has 0 amide bonds. The molecule has 1 aliphatic rings. The van der Waals surface area contributed by atoms with Gasteiger partial charge in [-0.1, -0.05) is 25.1 Å². The standard InChI is InChI=1S/C19H28N6.HI/c1-3-18-24-23-14-25(18)11-10-21-19(20-4-2)22-13-15-8-9-16-6-5-7-17(16)12-15;/h8-9,12,14H,3-7,10-11,13H2,1-2H3,(H2,20,21,22);1H. The van der Waals surface area contributed by atoms with E-state index in [0.717, 1.165) is 37.8 Å². The first-order chi connectivity index (χ1) is 12.3. The van der Waals surface area contributed by atoms with Crippen molar-refractivity contribution in [2.24, 2.45) is 4.99 Å². The van der Waals surface area contributed by atoms with E-state index in [2.05, 4.69) is 57.4 Å². The molecule has 0 saturated carbocycles. The van der Waals surface area contributed by atoms with Gasteiger partial charge in [-0.2, -0.15) is 0 Å². The highest BCUT2D eigenvalue weighted by Gasteiger charge is 2.10. The van der Waals surface area contributed by atoms with Crippen LogP contribution in [0.1, 0.15) is 42.8 Å². The predicted octanol–water partition coefficient (Wildman–Crippen LogP) is 2.70. The van der Waals surface area contributed by atoms with E-state index in [0.29, 0.717) is 6.54 Å². The number of aryl methyl sites for hydroxylation is 3. The zero-order valence-corrected chi connectivity index (χ0v) is 18.0. The van der Waals surface area contributed by atoms with Gasteiger partial charge in [0, 0.05) is 26.1 Å². The lowest BCUT2D eigenvalue weighted by atomic mass is 10.1. The Morgan fingerprint density at radius 2 is 2.04 bits per heavy atom. The summed E-state index contributed by atoms with van der Waals surface area (Å²) in [5, 5.41) is 14.8.